The van der Waals surface area contributed by atoms with Gasteiger partial charge in [-0.05, 0) is 37.1 Å². The third-order valence-corrected chi connectivity index (χ3v) is 6.84. The zero-order valence-corrected chi connectivity index (χ0v) is 18.0. The van der Waals surface area contributed by atoms with Crippen LogP contribution in [0.5, 0.6) is 0 Å². The predicted molar refractivity (Wildman–Crippen MR) is 117 cm³/mol. The molecule has 5 rings (SSSR count). The van der Waals surface area contributed by atoms with Gasteiger partial charge in [-0.15, -0.1) is 11.3 Å². The molecule has 32 heavy (non-hydrogen) atoms. The minimum atomic E-state index is -4.52. The molecule has 3 aromatic heterocycles. The van der Waals surface area contributed by atoms with Crippen molar-refractivity contribution in [3.63, 3.8) is 0 Å². The largest absolute Gasteiger partial charge is 0.417 e. The number of thiazole rings is 1. The summed E-state index contributed by atoms with van der Waals surface area (Å²) >= 11 is 8.03. The van der Waals surface area contributed by atoms with Crippen molar-refractivity contribution < 1.29 is 13.2 Å². The van der Waals surface area contributed by atoms with Gasteiger partial charge in [0.2, 0.25) is 0 Å². The van der Waals surface area contributed by atoms with Gasteiger partial charge < -0.3 is 4.90 Å². The van der Waals surface area contributed by atoms with Gasteiger partial charge in [0.15, 0.2) is 5.82 Å². The SMILES string of the molecule is O=c1c(Cl)c(N2CCC[C@H]2c2nc3ccccc3s2)cnn1-c1ccc(C(F)(F)F)cn1. The van der Waals surface area contributed by atoms with Crippen molar-refractivity contribution in [3.8, 4) is 5.82 Å². The van der Waals surface area contributed by atoms with Gasteiger partial charge in [0.25, 0.3) is 5.56 Å². The molecule has 1 aromatic carbocycles. The summed E-state index contributed by atoms with van der Waals surface area (Å²) in [7, 11) is 0. The predicted octanol–water partition coefficient (Wildman–Crippen LogP) is 5.25. The van der Waals surface area contributed by atoms with E-state index in [0.29, 0.717) is 18.4 Å². The van der Waals surface area contributed by atoms with Gasteiger partial charge in [-0.25, -0.2) is 9.97 Å². The fourth-order valence-electron chi connectivity index (χ4n) is 3.81. The number of pyridine rings is 1. The Morgan fingerprint density at radius 1 is 1.12 bits per heavy atom. The molecule has 0 saturated carbocycles. The molecule has 1 aliphatic heterocycles. The van der Waals surface area contributed by atoms with Gasteiger partial charge in [-0.3, -0.25) is 4.79 Å². The van der Waals surface area contributed by atoms with Crippen LogP contribution < -0.4 is 10.5 Å². The molecule has 0 N–H and O–H groups in total. The van der Waals surface area contributed by atoms with Gasteiger partial charge in [-0.1, -0.05) is 23.7 Å². The van der Waals surface area contributed by atoms with E-state index in [9.17, 15) is 18.0 Å². The summed E-state index contributed by atoms with van der Waals surface area (Å²) in [6.07, 6.45) is -0.638. The average molecular weight is 478 g/mol. The molecule has 1 fully saturated rings. The second kappa shape index (κ2) is 7.86. The van der Waals surface area contributed by atoms with E-state index in [1.54, 1.807) is 11.3 Å². The van der Waals surface area contributed by atoms with Crippen molar-refractivity contribution in [1.29, 1.82) is 0 Å². The minimum absolute atomic E-state index is 0.0360. The van der Waals surface area contributed by atoms with Crippen molar-refractivity contribution in [2.45, 2.75) is 25.1 Å². The van der Waals surface area contributed by atoms with Crippen molar-refractivity contribution in [3.05, 3.63) is 74.7 Å². The highest BCUT2D eigenvalue weighted by molar-refractivity contribution is 7.18. The molecular weight excluding hydrogens is 463 g/mol. The summed E-state index contributed by atoms with van der Waals surface area (Å²) in [5, 5.41) is 5.01. The van der Waals surface area contributed by atoms with Crippen LogP contribution in [0.25, 0.3) is 16.0 Å². The topological polar surface area (TPSA) is 63.9 Å². The number of alkyl halides is 3. The Bertz CT molecular complexity index is 1320. The van der Waals surface area contributed by atoms with Crippen LogP contribution in [0.2, 0.25) is 5.02 Å². The van der Waals surface area contributed by atoms with Crippen molar-refractivity contribution >= 4 is 38.8 Å². The van der Waals surface area contributed by atoms with E-state index >= 15 is 0 Å². The first-order chi connectivity index (χ1) is 15.3. The number of para-hydroxylation sites is 1. The molecule has 4 aromatic rings. The fraction of sp³-hybridized carbons (Fsp3) is 0.238. The van der Waals surface area contributed by atoms with Crippen molar-refractivity contribution in [2.24, 2.45) is 0 Å². The van der Waals surface area contributed by atoms with Crippen molar-refractivity contribution in [2.75, 3.05) is 11.4 Å². The number of aromatic nitrogens is 4. The first-order valence-electron chi connectivity index (χ1n) is 9.76. The van der Waals surface area contributed by atoms with E-state index in [1.807, 2.05) is 29.2 Å². The van der Waals surface area contributed by atoms with Crippen LogP contribution in [0, 0.1) is 0 Å². The molecule has 1 aliphatic rings. The number of nitrogens with zero attached hydrogens (tertiary/aromatic N) is 5. The monoisotopic (exact) mass is 477 g/mol. The Balaban J connectivity index is 1.49. The molecule has 0 amide bonds. The number of hydrogen-bond donors (Lipinski definition) is 0. The zero-order chi connectivity index (χ0) is 22.5. The molecule has 0 aliphatic carbocycles. The van der Waals surface area contributed by atoms with Crippen LogP contribution in [0.1, 0.15) is 29.5 Å². The number of anilines is 1. The Morgan fingerprint density at radius 2 is 1.94 bits per heavy atom. The van der Waals surface area contributed by atoms with Gasteiger partial charge in [0.1, 0.15) is 10.0 Å². The molecule has 0 radical (unpaired) electrons. The maximum atomic E-state index is 12.9. The fourth-order valence-corrected chi connectivity index (χ4v) is 5.16. The summed E-state index contributed by atoms with van der Waals surface area (Å²) in [4.78, 5) is 23.4. The summed E-state index contributed by atoms with van der Waals surface area (Å²) in [5.41, 5.74) is -0.159. The summed E-state index contributed by atoms with van der Waals surface area (Å²) in [5.74, 6) is -0.0411. The number of rotatable bonds is 3. The molecule has 1 atom stereocenters. The number of benzene rings is 1. The number of hydrogen-bond acceptors (Lipinski definition) is 6. The Morgan fingerprint density at radius 3 is 2.66 bits per heavy atom. The summed E-state index contributed by atoms with van der Waals surface area (Å²) < 4.78 is 40.3. The van der Waals surface area contributed by atoms with Gasteiger partial charge in [0.05, 0.1) is 33.7 Å². The number of fused-ring (bicyclic) bond motifs is 1. The molecule has 11 heteroatoms. The first-order valence-corrected chi connectivity index (χ1v) is 11.0. The molecule has 164 valence electrons. The highest BCUT2D eigenvalue weighted by Crippen LogP contribution is 2.40. The molecule has 0 bridgehead atoms. The molecular formula is C21H15ClF3N5OS. The van der Waals surface area contributed by atoms with Crippen LogP contribution in [-0.4, -0.2) is 26.3 Å². The van der Waals surface area contributed by atoms with E-state index < -0.39 is 17.3 Å². The number of halogens is 4. The molecule has 0 spiro atoms. The quantitative estimate of drug-likeness (QED) is 0.403. The van der Waals surface area contributed by atoms with Crippen molar-refractivity contribution in [1.82, 2.24) is 19.7 Å². The van der Waals surface area contributed by atoms with E-state index in [4.69, 9.17) is 16.6 Å². The zero-order valence-electron chi connectivity index (χ0n) is 16.4. The van der Waals surface area contributed by atoms with Crippen LogP contribution in [-0.2, 0) is 6.18 Å². The molecule has 1 saturated heterocycles. The minimum Gasteiger partial charge on any atom is -0.359 e. The normalized spacial score (nSPS) is 16.8. The summed E-state index contributed by atoms with van der Waals surface area (Å²) in [6.45, 7) is 0.684. The van der Waals surface area contributed by atoms with Crippen LogP contribution in [0.4, 0.5) is 18.9 Å². The Hall–Kier alpha value is -2.98. The van der Waals surface area contributed by atoms with E-state index in [1.165, 1.54) is 6.20 Å². The standard InChI is InChI=1S/C21H15ClF3N5OS/c22-18-15(11-27-30(20(18)31)17-8-7-12(10-26-17)21(23,24)25)29-9-3-5-14(29)19-28-13-4-1-2-6-16(13)32-19/h1-2,4,6-8,10-11,14H,3,5,9H2/t14-/m0/s1. The second-order valence-electron chi connectivity index (χ2n) is 7.33. The lowest BCUT2D eigenvalue weighted by atomic mass is 10.2. The smallest absolute Gasteiger partial charge is 0.359 e. The van der Waals surface area contributed by atoms with Crippen LogP contribution >= 0.6 is 22.9 Å². The summed E-state index contributed by atoms with van der Waals surface area (Å²) in [6, 6.07) is 9.78. The lowest BCUT2D eigenvalue weighted by molar-refractivity contribution is -0.137. The maximum Gasteiger partial charge on any atom is 0.417 e. The third kappa shape index (κ3) is 3.63. The van der Waals surface area contributed by atoms with E-state index in [-0.39, 0.29) is 16.9 Å². The van der Waals surface area contributed by atoms with Gasteiger partial charge in [0, 0.05) is 12.7 Å². The lowest BCUT2D eigenvalue weighted by Gasteiger charge is -2.25. The lowest BCUT2D eigenvalue weighted by Crippen LogP contribution is -2.29. The Kier molecular flexibility index (Phi) is 5.13. The average Bonchev–Trinajstić information content (AvgIpc) is 3.42. The first kappa shape index (κ1) is 20.9. The Labute approximate surface area is 188 Å². The highest BCUT2D eigenvalue weighted by Gasteiger charge is 2.32. The highest BCUT2D eigenvalue weighted by atomic mass is 35.5. The van der Waals surface area contributed by atoms with Crippen LogP contribution in [0.3, 0.4) is 0 Å². The van der Waals surface area contributed by atoms with Gasteiger partial charge in [-0.2, -0.15) is 23.0 Å². The van der Waals surface area contributed by atoms with Crippen LogP contribution in [0.15, 0.2) is 53.6 Å². The maximum absolute atomic E-state index is 12.9. The third-order valence-electron chi connectivity index (χ3n) is 5.35. The molecule has 0 unspecified atom stereocenters. The van der Waals surface area contributed by atoms with Gasteiger partial charge >= 0.3 is 6.18 Å². The second-order valence-corrected chi connectivity index (χ2v) is 8.78. The van der Waals surface area contributed by atoms with E-state index in [0.717, 1.165) is 44.9 Å². The van der Waals surface area contributed by atoms with E-state index in [2.05, 4.69) is 10.1 Å². The molecule has 4 heterocycles. The molecule has 6 nitrogen and oxygen atoms in total.